The molecule has 3 aromatic rings. The Morgan fingerprint density at radius 1 is 1.10 bits per heavy atom. The molecule has 1 amide bonds. The molecule has 0 unspecified atom stereocenters. The van der Waals surface area contributed by atoms with Crippen LogP contribution in [-0.2, 0) is 21.3 Å². The molecule has 220 valence electrons. The number of aromatic nitrogens is 5. The Hall–Kier alpha value is -3.32. The number of sulfonamides is 1. The normalized spacial score (nSPS) is 10.2. The molecule has 0 atom stereocenters. The highest BCUT2D eigenvalue weighted by Gasteiger charge is 2.25. The van der Waals surface area contributed by atoms with Gasteiger partial charge in [0.2, 0.25) is 16.0 Å². The monoisotopic (exact) mass is 566 g/mol. The number of nitrogens with one attached hydrogen (secondary N) is 2. The summed E-state index contributed by atoms with van der Waals surface area (Å²) < 4.78 is 32.3. The van der Waals surface area contributed by atoms with Gasteiger partial charge >= 0.3 is 0 Å². The van der Waals surface area contributed by atoms with Crippen LogP contribution in [0.25, 0.3) is 11.0 Å². The van der Waals surface area contributed by atoms with Crippen LogP contribution in [0.3, 0.4) is 0 Å². The molecule has 12 nitrogen and oxygen atoms in total. The molecule has 3 heterocycles. The summed E-state index contributed by atoms with van der Waals surface area (Å²) in [5, 5.41) is 7.57. The van der Waals surface area contributed by atoms with Gasteiger partial charge in [0.05, 0.1) is 19.4 Å². The van der Waals surface area contributed by atoms with Crippen molar-refractivity contribution in [1.82, 2.24) is 29.5 Å². The number of aryl methyl sites for hydroxylation is 1. The first-order valence-electron chi connectivity index (χ1n) is 13.4. The lowest BCUT2D eigenvalue weighted by atomic mass is 10.3. The van der Waals surface area contributed by atoms with Crippen LogP contribution in [-0.4, -0.2) is 72.1 Å². The molecule has 0 saturated carbocycles. The topological polar surface area (TPSA) is 144 Å². The highest BCUT2D eigenvalue weighted by atomic mass is 32.2. The molecular weight excluding hydrogens is 520 g/mol. The van der Waals surface area contributed by atoms with Crippen LogP contribution in [0, 0.1) is 6.92 Å². The van der Waals surface area contributed by atoms with E-state index in [2.05, 4.69) is 25.4 Å². The van der Waals surface area contributed by atoms with E-state index in [4.69, 9.17) is 4.74 Å². The number of amides is 1. The summed E-state index contributed by atoms with van der Waals surface area (Å²) in [5.41, 5.74) is 1.53. The SMILES string of the molecule is CC.CC.CC.CCOCCn1nc(C(=O)NS(C)(=O)=O)c2nc(N(C)CC)nc(Nc3cc(C)ccn3)c21. The molecule has 0 bridgehead atoms. The van der Waals surface area contributed by atoms with Crippen LogP contribution in [0.2, 0.25) is 0 Å². The molecule has 39 heavy (non-hydrogen) atoms. The van der Waals surface area contributed by atoms with Gasteiger partial charge in [-0.1, -0.05) is 41.5 Å². The zero-order chi connectivity index (χ0) is 30.2. The minimum absolute atomic E-state index is 0.125. The maximum Gasteiger partial charge on any atom is 0.287 e. The van der Waals surface area contributed by atoms with Gasteiger partial charge in [-0.15, -0.1) is 0 Å². The van der Waals surface area contributed by atoms with Crippen LogP contribution < -0.4 is 14.9 Å². The van der Waals surface area contributed by atoms with Crippen LogP contribution >= 0.6 is 0 Å². The molecule has 13 heteroatoms. The lowest BCUT2D eigenvalue weighted by Crippen LogP contribution is -2.30. The van der Waals surface area contributed by atoms with Crippen molar-refractivity contribution < 1.29 is 17.9 Å². The van der Waals surface area contributed by atoms with E-state index in [1.165, 1.54) is 4.68 Å². The van der Waals surface area contributed by atoms with Crippen molar-refractivity contribution in [2.75, 3.05) is 43.3 Å². The quantitative estimate of drug-likeness (QED) is 0.336. The smallest absolute Gasteiger partial charge is 0.287 e. The van der Waals surface area contributed by atoms with Crippen molar-refractivity contribution in [3.8, 4) is 0 Å². The summed E-state index contributed by atoms with van der Waals surface area (Å²) in [6, 6.07) is 3.73. The Labute approximate surface area is 233 Å². The Balaban J connectivity index is 0.00000225. The third kappa shape index (κ3) is 10.8. The minimum atomic E-state index is -3.80. The van der Waals surface area contributed by atoms with Gasteiger partial charge in [-0.2, -0.15) is 10.1 Å². The summed E-state index contributed by atoms with van der Waals surface area (Å²) in [6.45, 7) is 19.5. The first kappa shape index (κ1) is 35.7. The fourth-order valence-electron chi connectivity index (χ4n) is 3.02. The fraction of sp³-hybridized carbons (Fsp3) is 0.577. The van der Waals surface area contributed by atoms with Gasteiger partial charge in [-0.05, 0) is 38.5 Å². The fourth-order valence-corrected chi connectivity index (χ4v) is 3.46. The van der Waals surface area contributed by atoms with E-state index >= 15 is 0 Å². The minimum Gasteiger partial charge on any atom is -0.380 e. The Bertz CT molecular complexity index is 1260. The molecule has 0 aliphatic carbocycles. The average Bonchev–Trinajstić information content (AvgIpc) is 3.30. The van der Waals surface area contributed by atoms with Crippen LogP contribution in [0.4, 0.5) is 17.6 Å². The Kier molecular flexibility index (Phi) is 16.5. The maximum atomic E-state index is 12.8. The van der Waals surface area contributed by atoms with Gasteiger partial charge < -0.3 is 15.0 Å². The number of carbonyl (C=O) groups is 1. The van der Waals surface area contributed by atoms with Crippen molar-refractivity contribution in [3.63, 3.8) is 0 Å². The van der Waals surface area contributed by atoms with E-state index in [0.717, 1.165) is 11.8 Å². The van der Waals surface area contributed by atoms with Crippen molar-refractivity contribution in [3.05, 3.63) is 29.6 Å². The van der Waals surface area contributed by atoms with Crippen LogP contribution in [0.5, 0.6) is 0 Å². The van der Waals surface area contributed by atoms with E-state index in [0.29, 0.717) is 49.4 Å². The van der Waals surface area contributed by atoms with Gasteiger partial charge in [-0.25, -0.2) is 23.1 Å². The Morgan fingerprint density at radius 3 is 2.28 bits per heavy atom. The van der Waals surface area contributed by atoms with Crippen molar-refractivity contribution in [2.45, 2.75) is 68.9 Å². The number of fused-ring (bicyclic) bond motifs is 1. The predicted molar refractivity (Wildman–Crippen MR) is 159 cm³/mol. The van der Waals surface area contributed by atoms with E-state index < -0.39 is 15.9 Å². The number of anilines is 3. The highest BCUT2D eigenvalue weighted by molar-refractivity contribution is 7.89. The molecule has 0 saturated heterocycles. The van der Waals surface area contributed by atoms with Gasteiger partial charge in [-0.3, -0.25) is 9.48 Å². The molecular formula is C26H46N8O4S. The third-order valence-electron chi connectivity index (χ3n) is 4.70. The standard InChI is InChI=1S/C20H28N8O4S.3C2H6/c1-6-27(4)20-23-15-16(19(29)26-33(5,30)31)25-28(10-11-32-7-2)17(15)18(24-20)22-14-12-13(3)8-9-21-14;3*1-2/h8-9,12H,6-7,10-11H2,1-5H3,(H,26,29)(H,21,22,23,24);3*1-2H3. The number of ether oxygens (including phenoxy) is 1. The highest BCUT2D eigenvalue weighted by Crippen LogP contribution is 2.28. The largest absolute Gasteiger partial charge is 0.380 e. The first-order chi connectivity index (χ1) is 18.6. The summed E-state index contributed by atoms with van der Waals surface area (Å²) >= 11 is 0. The molecule has 0 spiro atoms. The Morgan fingerprint density at radius 2 is 1.74 bits per heavy atom. The number of nitrogens with zero attached hydrogens (tertiary/aromatic N) is 6. The van der Waals surface area contributed by atoms with Crippen molar-refractivity contribution in [1.29, 1.82) is 0 Å². The number of pyridine rings is 1. The molecule has 3 aromatic heterocycles. The molecule has 0 aromatic carbocycles. The van der Waals surface area contributed by atoms with Crippen molar-refractivity contribution in [2.24, 2.45) is 0 Å². The summed E-state index contributed by atoms with van der Waals surface area (Å²) in [4.78, 5) is 28.1. The lowest BCUT2D eigenvalue weighted by molar-refractivity contribution is 0.0975. The summed E-state index contributed by atoms with van der Waals surface area (Å²) in [7, 11) is -1.99. The van der Waals surface area contributed by atoms with Crippen LogP contribution in [0.1, 0.15) is 71.4 Å². The molecule has 0 radical (unpaired) electrons. The molecule has 2 N–H and O–H groups in total. The number of carbonyl (C=O) groups excluding carboxylic acids is 1. The molecule has 0 fully saturated rings. The maximum absolute atomic E-state index is 12.8. The van der Waals surface area contributed by atoms with Gasteiger partial charge in [0.15, 0.2) is 11.5 Å². The number of rotatable bonds is 10. The molecule has 0 aliphatic heterocycles. The van der Waals surface area contributed by atoms with Crippen molar-refractivity contribution >= 4 is 44.5 Å². The lowest BCUT2D eigenvalue weighted by Gasteiger charge is -2.17. The zero-order valence-corrected chi connectivity index (χ0v) is 26.1. The average molecular weight is 567 g/mol. The van der Waals surface area contributed by atoms with E-state index in [1.54, 1.807) is 11.1 Å². The summed E-state index contributed by atoms with van der Waals surface area (Å²) in [6.07, 6.45) is 2.58. The van der Waals surface area contributed by atoms with E-state index in [9.17, 15) is 13.2 Å². The number of hydrogen-bond donors (Lipinski definition) is 2. The van der Waals surface area contributed by atoms with Gasteiger partial charge in [0.25, 0.3) is 5.91 Å². The number of hydrogen-bond acceptors (Lipinski definition) is 10. The second-order valence-electron chi connectivity index (χ2n) is 7.40. The van der Waals surface area contributed by atoms with Crippen LogP contribution in [0.15, 0.2) is 18.3 Å². The molecule has 3 rings (SSSR count). The zero-order valence-electron chi connectivity index (χ0n) is 25.3. The predicted octanol–water partition coefficient (Wildman–Crippen LogP) is 4.53. The summed E-state index contributed by atoms with van der Waals surface area (Å²) in [5.74, 6) is 0.412. The van der Waals surface area contributed by atoms with E-state index in [1.807, 2.05) is 86.2 Å². The van der Waals surface area contributed by atoms with Gasteiger partial charge in [0.1, 0.15) is 16.9 Å². The third-order valence-corrected chi connectivity index (χ3v) is 5.25. The second kappa shape index (κ2) is 18.1. The first-order valence-corrected chi connectivity index (χ1v) is 15.3. The molecule has 0 aliphatic rings. The van der Waals surface area contributed by atoms with Gasteiger partial charge in [0, 0.05) is 26.4 Å². The second-order valence-corrected chi connectivity index (χ2v) is 9.15. The van der Waals surface area contributed by atoms with E-state index in [-0.39, 0.29) is 11.2 Å².